The molecule has 0 bridgehead atoms. The highest BCUT2D eigenvalue weighted by Gasteiger charge is 2.22. The molecule has 0 radical (unpaired) electrons. The summed E-state index contributed by atoms with van der Waals surface area (Å²) in [7, 11) is 0. The van der Waals surface area contributed by atoms with Gasteiger partial charge in [0.05, 0.1) is 5.69 Å². The fraction of sp³-hybridized carbons (Fsp3) is 0.550. The van der Waals surface area contributed by atoms with Crippen LogP contribution in [0.15, 0.2) is 30.3 Å². The summed E-state index contributed by atoms with van der Waals surface area (Å²) in [6.07, 6.45) is -1.09. The van der Waals surface area contributed by atoms with Crippen LogP contribution in [0.4, 0.5) is 4.39 Å². The van der Waals surface area contributed by atoms with E-state index in [1.807, 2.05) is 26.0 Å². The minimum atomic E-state index is -1.09. The van der Waals surface area contributed by atoms with Gasteiger partial charge < -0.3 is 0 Å². The number of alkyl halides is 1. The first-order valence-corrected chi connectivity index (χ1v) is 8.80. The number of nitrogens with zero attached hydrogens (tertiary/aromatic N) is 2. The molecule has 0 spiro atoms. The summed E-state index contributed by atoms with van der Waals surface area (Å²) in [6.45, 7) is 13.6. The first kappa shape index (κ1) is 18.7. The van der Waals surface area contributed by atoms with Crippen molar-refractivity contribution in [2.45, 2.75) is 72.3 Å². The Balaban J connectivity index is 2.08. The normalized spacial score (nSPS) is 14.6. The maximum absolute atomic E-state index is 14.7. The van der Waals surface area contributed by atoms with Gasteiger partial charge in [-0.25, -0.2) is 4.39 Å². The average Bonchev–Trinajstić information content (AvgIpc) is 2.97. The summed E-state index contributed by atoms with van der Waals surface area (Å²) in [6, 6.07) is 11.1. The third kappa shape index (κ3) is 4.44. The number of halogens is 1. The molecule has 0 saturated heterocycles. The molecule has 0 amide bonds. The van der Waals surface area contributed by atoms with Gasteiger partial charge in [-0.05, 0) is 51.8 Å². The lowest BCUT2D eigenvalue weighted by Gasteiger charge is -2.30. The van der Waals surface area contributed by atoms with E-state index in [9.17, 15) is 4.39 Å². The third-order valence-corrected chi connectivity index (χ3v) is 4.64. The molecule has 0 aliphatic rings. The second kappa shape index (κ2) is 7.93. The molecule has 2 aromatic rings. The highest BCUT2D eigenvalue weighted by atomic mass is 19.1. The molecular formula is C20H30FN3. The number of nitrogens with one attached hydrogen (secondary N) is 1. The number of aromatic nitrogens is 2. The maximum atomic E-state index is 14.7. The molecule has 3 nitrogen and oxygen atoms in total. The van der Waals surface area contributed by atoms with E-state index >= 15 is 0 Å². The van der Waals surface area contributed by atoms with Crippen LogP contribution in [0.1, 0.15) is 69.2 Å². The largest absolute Gasteiger partial charge is 0.294 e. The van der Waals surface area contributed by atoms with Crippen molar-refractivity contribution in [2.75, 3.05) is 0 Å². The number of hydrogen-bond acceptors (Lipinski definition) is 2. The van der Waals surface area contributed by atoms with Gasteiger partial charge in [-0.15, -0.1) is 0 Å². The van der Waals surface area contributed by atoms with Crippen LogP contribution in [-0.2, 0) is 6.54 Å². The number of aromatic amines is 1. The SMILES string of the molecule is Cc1cc(C(F)C(C)c2ccc(CN(C(C)C)C(C)C)cc2)n[nH]1. The number of benzene rings is 1. The predicted octanol–water partition coefficient (Wildman–Crippen LogP) is 5.15. The molecule has 24 heavy (non-hydrogen) atoms. The third-order valence-electron chi connectivity index (χ3n) is 4.64. The van der Waals surface area contributed by atoms with E-state index in [4.69, 9.17) is 0 Å². The Hall–Kier alpha value is -1.68. The molecule has 0 fully saturated rings. The lowest BCUT2D eigenvalue weighted by Crippen LogP contribution is -2.36. The van der Waals surface area contributed by atoms with Gasteiger partial charge in [-0.2, -0.15) is 5.10 Å². The summed E-state index contributed by atoms with van der Waals surface area (Å²) in [5.74, 6) is -0.215. The van der Waals surface area contributed by atoms with E-state index in [-0.39, 0.29) is 5.92 Å². The van der Waals surface area contributed by atoms with E-state index in [2.05, 4.69) is 54.9 Å². The van der Waals surface area contributed by atoms with Crippen molar-refractivity contribution < 1.29 is 4.39 Å². The number of H-pyrrole nitrogens is 1. The van der Waals surface area contributed by atoms with Crippen LogP contribution in [0.2, 0.25) is 0 Å². The van der Waals surface area contributed by atoms with Gasteiger partial charge in [-0.3, -0.25) is 10.00 Å². The van der Waals surface area contributed by atoms with Crippen molar-refractivity contribution in [2.24, 2.45) is 0 Å². The lowest BCUT2D eigenvalue weighted by atomic mass is 9.93. The van der Waals surface area contributed by atoms with Gasteiger partial charge in [0.25, 0.3) is 0 Å². The Morgan fingerprint density at radius 3 is 2.08 bits per heavy atom. The van der Waals surface area contributed by atoms with Crippen LogP contribution in [0.5, 0.6) is 0 Å². The minimum absolute atomic E-state index is 0.215. The quantitative estimate of drug-likeness (QED) is 0.761. The van der Waals surface area contributed by atoms with Crippen LogP contribution in [0.25, 0.3) is 0 Å². The molecule has 0 aliphatic heterocycles. The Morgan fingerprint density at radius 1 is 1.04 bits per heavy atom. The van der Waals surface area contributed by atoms with Crippen LogP contribution < -0.4 is 0 Å². The second-order valence-corrected chi connectivity index (χ2v) is 7.27. The van der Waals surface area contributed by atoms with E-state index in [0.29, 0.717) is 17.8 Å². The fourth-order valence-electron chi connectivity index (χ4n) is 3.10. The molecule has 0 saturated carbocycles. The minimum Gasteiger partial charge on any atom is -0.294 e. The van der Waals surface area contributed by atoms with Crippen molar-refractivity contribution in [3.8, 4) is 0 Å². The predicted molar refractivity (Wildman–Crippen MR) is 97.8 cm³/mol. The van der Waals surface area contributed by atoms with Gasteiger partial charge in [0.15, 0.2) is 6.17 Å². The van der Waals surface area contributed by atoms with Crippen molar-refractivity contribution >= 4 is 0 Å². The summed E-state index contributed by atoms with van der Waals surface area (Å²) >= 11 is 0. The van der Waals surface area contributed by atoms with Crippen LogP contribution in [0, 0.1) is 6.92 Å². The van der Waals surface area contributed by atoms with Crippen LogP contribution in [0.3, 0.4) is 0 Å². The maximum Gasteiger partial charge on any atom is 0.150 e. The Labute approximate surface area is 145 Å². The summed E-state index contributed by atoms with van der Waals surface area (Å²) in [5.41, 5.74) is 3.64. The van der Waals surface area contributed by atoms with Gasteiger partial charge in [-0.1, -0.05) is 31.2 Å². The van der Waals surface area contributed by atoms with Gasteiger partial charge in [0.2, 0.25) is 0 Å². The van der Waals surface area contributed by atoms with Crippen molar-refractivity contribution in [3.63, 3.8) is 0 Å². The van der Waals surface area contributed by atoms with E-state index in [1.165, 1.54) is 5.56 Å². The van der Waals surface area contributed by atoms with E-state index < -0.39 is 6.17 Å². The van der Waals surface area contributed by atoms with Gasteiger partial charge in [0.1, 0.15) is 0 Å². The molecule has 2 unspecified atom stereocenters. The average molecular weight is 331 g/mol. The molecule has 1 aromatic heterocycles. The highest BCUT2D eigenvalue weighted by molar-refractivity contribution is 5.27. The van der Waals surface area contributed by atoms with E-state index in [0.717, 1.165) is 17.8 Å². The first-order valence-electron chi connectivity index (χ1n) is 8.80. The fourth-order valence-corrected chi connectivity index (χ4v) is 3.10. The summed E-state index contributed by atoms with van der Waals surface area (Å²) in [5, 5.41) is 6.86. The standard InChI is InChI=1S/C20H30FN3/c1-13(2)24(14(3)4)12-17-7-9-18(10-8-17)16(6)20(21)19-11-15(5)22-23-19/h7-11,13-14,16,20H,12H2,1-6H3,(H,22,23). The van der Waals surface area contributed by atoms with Gasteiger partial charge in [0, 0.05) is 30.2 Å². The Morgan fingerprint density at radius 2 is 1.62 bits per heavy atom. The topological polar surface area (TPSA) is 31.9 Å². The van der Waals surface area contributed by atoms with E-state index in [1.54, 1.807) is 6.07 Å². The molecular weight excluding hydrogens is 301 g/mol. The summed E-state index contributed by atoms with van der Waals surface area (Å²) in [4.78, 5) is 2.45. The molecule has 1 heterocycles. The number of rotatable bonds is 7. The zero-order valence-corrected chi connectivity index (χ0v) is 15.7. The van der Waals surface area contributed by atoms with Crippen molar-refractivity contribution in [1.82, 2.24) is 15.1 Å². The van der Waals surface area contributed by atoms with Crippen LogP contribution in [-0.4, -0.2) is 27.2 Å². The van der Waals surface area contributed by atoms with Crippen LogP contribution >= 0.6 is 0 Å². The van der Waals surface area contributed by atoms with Crippen molar-refractivity contribution in [1.29, 1.82) is 0 Å². The number of hydrogen-bond donors (Lipinski definition) is 1. The summed E-state index contributed by atoms with van der Waals surface area (Å²) < 4.78 is 14.7. The molecule has 2 rings (SSSR count). The highest BCUT2D eigenvalue weighted by Crippen LogP contribution is 2.33. The smallest absolute Gasteiger partial charge is 0.150 e. The number of aryl methyl sites for hydroxylation is 1. The van der Waals surface area contributed by atoms with Gasteiger partial charge >= 0.3 is 0 Å². The zero-order chi connectivity index (χ0) is 17.9. The lowest BCUT2D eigenvalue weighted by molar-refractivity contribution is 0.166. The molecule has 1 N–H and O–H groups in total. The monoisotopic (exact) mass is 331 g/mol. The molecule has 4 heteroatoms. The first-order chi connectivity index (χ1) is 11.3. The molecule has 132 valence electrons. The Kier molecular flexibility index (Phi) is 6.16. The molecule has 1 aromatic carbocycles. The Bertz CT molecular complexity index is 623. The zero-order valence-electron chi connectivity index (χ0n) is 15.7. The molecule has 2 atom stereocenters. The molecule has 0 aliphatic carbocycles. The second-order valence-electron chi connectivity index (χ2n) is 7.27. The van der Waals surface area contributed by atoms with Crippen molar-refractivity contribution in [3.05, 3.63) is 52.8 Å².